The minimum atomic E-state index is -0.986. The fourth-order valence-electron chi connectivity index (χ4n) is 2.03. The van der Waals surface area contributed by atoms with Crippen molar-refractivity contribution in [1.82, 2.24) is 14.9 Å². The number of rotatable bonds is 5. The van der Waals surface area contributed by atoms with Gasteiger partial charge in [-0.1, -0.05) is 13.3 Å². The number of carbonyl (C=O) groups is 1. The van der Waals surface area contributed by atoms with Gasteiger partial charge in [-0.05, 0) is 30.7 Å². The van der Waals surface area contributed by atoms with E-state index in [0.29, 0.717) is 13.0 Å². The van der Waals surface area contributed by atoms with Crippen LogP contribution in [0.4, 0.5) is 4.39 Å². The highest BCUT2D eigenvalue weighted by atomic mass is 19.1. The van der Waals surface area contributed by atoms with Crippen molar-refractivity contribution in [2.45, 2.75) is 19.8 Å². The molecule has 0 saturated carbocycles. The summed E-state index contributed by atoms with van der Waals surface area (Å²) >= 11 is 0. The second-order valence-electron chi connectivity index (χ2n) is 4.88. The lowest BCUT2D eigenvalue weighted by molar-refractivity contribution is 0.0947. The van der Waals surface area contributed by atoms with E-state index in [1.165, 1.54) is 12.1 Å². The summed E-state index contributed by atoms with van der Waals surface area (Å²) in [4.78, 5) is 37.7. The zero-order chi connectivity index (χ0) is 17.0. The number of nitrogens with one attached hydrogen (secondary N) is 2. The van der Waals surface area contributed by atoms with Gasteiger partial charge in [0.1, 0.15) is 5.82 Å². The van der Waals surface area contributed by atoms with Crippen LogP contribution < -0.4 is 16.6 Å². The molecule has 1 aromatic carbocycles. The van der Waals surface area contributed by atoms with Crippen molar-refractivity contribution >= 4 is 5.91 Å². The summed E-state index contributed by atoms with van der Waals surface area (Å²) in [5.74, 6) is -2.10. The Kier molecular flexibility index (Phi) is 4.95. The molecule has 0 spiro atoms. The van der Waals surface area contributed by atoms with E-state index < -0.39 is 34.4 Å². The molecule has 0 atom stereocenters. The molecule has 0 bridgehead atoms. The third-order valence-electron chi connectivity index (χ3n) is 3.21. The summed E-state index contributed by atoms with van der Waals surface area (Å²) < 4.78 is 13.7. The summed E-state index contributed by atoms with van der Waals surface area (Å²) in [6, 6.07) is 4.67. The van der Waals surface area contributed by atoms with Crippen molar-refractivity contribution in [3.05, 3.63) is 56.5 Å². The molecule has 8 heteroatoms. The number of nitrogens with zero attached hydrogens (tertiary/aromatic N) is 1. The van der Waals surface area contributed by atoms with Crippen LogP contribution in [0, 0.1) is 5.82 Å². The van der Waals surface area contributed by atoms with Gasteiger partial charge in [0.2, 0.25) is 5.88 Å². The van der Waals surface area contributed by atoms with Crippen molar-refractivity contribution in [2.24, 2.45) is 0 Å². The van der Waals surface area contributed by atoms with Crippen LogP contribution in [0.3, 0.4) is 0 Å². The molecule has 2 aromatic rings. The number of aromatic nitrogens is 2. The van der Waals surface area contributed by atoms with E-state index in [0.717, 1.165) is 23.1 Å². The quantitative estimate of drug-likeness (QED) is 0.712. The fraction of sp³-hybridized carbons (Fsp3) is 0.267. The van der Waals surface area contributed by atoms with Crippen molar-refractivity contribution in [3.63, 3.8) is 0 Å². The van der Waals surface area contributed by atoms with Crippen LogP contribution in [0.15, 0.2) is 33.9 Å². The molecular weight excluding hydrogens is 305 g/mol. The Hall–Kier alpha value is -2.90. The number of unbranched alkanes of at least 4 members (excludes halogenated alkanes) is 1. The smallest absolute Gasteiger partial charge is 0.335 e. The second-order valence-corrected chi connectivity index (χ2v) is 4.88. The van der Waals surface area contributed by atoms with E-state index in [4.69, 9.17) is 0 Å². The van der Waals surface area contributed by atoms with Gasteiger partial charge in [0, 0.05) is 6.54 Å². The first-order chi connectivity index (χ1) is 11.0. The van der Waals surface area contributed by atoms with Gasteiger partial charge in [-0.3, -0.25) is 14.6 Å². The standard InChI is InChI=1S/C15H16FN3O4/c1-2-3-8-17-12(20)11-13(21)18-15(23)19(14(11)22)10-6-4-9(16)5-7-10/h4-7,22H,2-3,8H2,1H3,(H,17,20)(H,18,21,23). The van der Waals surface area contributed by atoms with Gasteiger partial charge in [-0.25, -0.2) is 13.8 Å². The molecule has 1 amide bonds. The van der Waals surface area contributed by atoms with Crippen LogP contribution in [-0.2, 0) is 0 Å². The van der Waals surface area contributed by atoms with Crippen LogP contribution >= 0.6 is 0 Å². The molecule has 1 aromatic heterocycles. The monoisotopic (exact) mass is 321 g/mol. The average Bonchev–Trinajstić information content (AvgIpc) is 2.49. The molecule has 0 aliphatic heterocycles. The van der Waals surface area contributed by atoms with Crippen molar-refractivity contribution in [3.8, 4) is 11.6 Å². The molecule has 0 saturated heterocycles. The highest BCUT2D eigenvalue weighted by molar-refractivity contribution is 5.96. The number of halogens is 1. The first-order valence-corrected chi connectivity index (χ1v) is 7.08. The number of aromatic amines is 1. The lowest BCUT2D eigenvalue weighted by Crippen LogP contribution is -2.37. The molecule has 0 fully saturated rings. The molecule has 0 aliphatic rings. The van der Waals surface area contributed by atoms with Gasteiger partial charge in [0.05, 0.1) is 5.69 Å². The summed E-state index contributed by atoms with van der Waals surface area (Å²) in [6.07, 6.45) is 1.56. The average molecular weight is 321 g/mol. The Labute approximate surface area is 130 Å². The molecule has 1 heterocycles. The minimum Gasteiger partial charge on any atom is -0.493 e. The summed E-state index contributed by atoms with van der Waals surface area (Å²) in [7, 11) is 0. The van der Waals surface area contributed by atoms with Gasteiger partial charge in [-0.15, -0.1) is 0 Å². The maximum atomic E-state index is 13.0. The maximum absolute atomic E-state index is 13.0. The lowest BCUT2D eigenvalue weighted by atomic mass is 10.2. The van der Waals surface area contributed by atoms with E-state index in [1.54, 1.807) is 0 Å². The van der Waals surface area contributed by atoms with Gasteiger partial charge in [0.25, 0.3) is 11.5 Å². The number of aromatic hydroxyl groups is 1. The molecular formula is C15H16FN3O4. The first kappa shape index (κ1) is 16.5. The summed E-state index contributed by atoms with van der Waals surface area (Å²) in [5.41, 5.74) is -2.36. The highest BCUT2D eigenvalue weighted by Crippen LogP contribution is 2.16. The normalized spacial score (nSPS) is 10.5. The van der Waals surface area contributed by atoms with Crippen molar-refractivity contribution in [1.29, 1.82) is 0 Å². The Bertz CT molecular complexity index is 824. The predicted molar refractivity (Wildman–Crippen MR) is 81.5 cm³/mol. The molecule has 122 valence electrons. The number of amides is 1. The van der Waals surface area contributed by atoms with E-state index >= 15 is 0 Å². The van der Waals surface area contributed by atoms with Gasteiger partial charge >= 0.3 is 5.69 Å². The third-order valence-corrected chi connectivity index (χ3v) is 3.21. The van der Waals surface area contributed by atoms with Crippen LogP contribution in [-0.4, -0.2) is 27.1 Å². The Morgan fingerprint density at radius 3 is 2.57 bits per heavy atom. The van der Waals surface area contributed by atoms with Gasteiger partial charge in [0.15, 0.2) is 5.56 Å². The fourth-order valence-corrected chi connectivity index (χ4v) is 2.03. The SMILES string of the molecule is CCCCNC(=O)c1c(O)n(-c2ccc(F)cc2)c(=O)[nH]c1=O. The third kappa shape index (κ3) is 3.47. The van der Waals surface area contributed by atoms with Crippen LogP contribution in [0.25, 0.3) is 5.69 Å². The molecule has 7 nitrogen and oxygen atoms in total. The molecule has 0 radical (unpaired) electrons. The Morgan fingerprint density at radius 1 is 1.30 bits per heavy atom. The molecule has 2 rings (SSSR count). The Balaban J connectivity index is 2.51. The Morgan fingerprint density at radius 2 is 1.96 bits per heavy atom. The van der Waals surface area contributed by atoms with E-state index in [9.17, 15) is 23.9 Å². The maximum Gasteiger partial charge on any atom is 0.335 e. The molecule has 0 aliphatic carbocycles. The number of hydrogen-bond acceptors (Lipinski definition) is 4. The molecule has 3 N–H and O–H groups in total. The zero-order valence-electron chi connectivity index (χ0n) is 12.4. The molecule has 23 heavy (non-hydrogen) atoms. The van der Waals surface area contributed by atoms with E-state index in [1.807, 2.05) is 11.9 Å². The van der Waals surface area contributed by atoms with Crippen molar-refractivity contribution < 1.29 is 14.3 Å². The number of benzene rings is 1. The minimum absolute atomic E-state index is 0.118. The van der Waals surface area contributed by atoms with Crippen LogP contribution in [0.5, 0.6) is 5.88 Å². The van der Waals surface area contributed by atoms with Gasteiger partial charge < -0.3 is 10.4 Å². The van der Waals surface area contributed by atoms with Crippen LogP contribution in [0.2, 0.25) is 0 Å². The van der Waals surface area contributed by atoms with Crippen LogP contribution in [0.1, 0.15) is 30.1 Å². The predicted octanol–water partition coefficient (Wildman–Crippen LogP) is 0.900. The largest absolute Gasteiger partial charge is 0.493 e. The van der Waals surface area contributed by atoms with Gasteiger partial charge in [-0.2, -0.15) is 0 Å². The van der Waals surface area contributed by atoms with E-state index in [2.05, 4.69) is 5.32 Å². The number of H-pyrrole nitrogens is 1. The molecule has 0 unspecified atom stereocenters. The summed E-state index contributed by atoms with van der Waals surface area (Å²) in [6.45, 7) is 2.27. The number of hydrogen-bond donors (Lipinski definition) is 3. The second kappa shape index (κ2) is 6.91. The van der Waals surface area contributed by atoms with E-state index in [-0.39, 0.29) is 5.69 Å². The zero-order valence-corrected chi connectivity index (χ0v) is 12.4. The van der Waals surface area contributed by atoms with Crippen molar-refractivity contribution in [2.75, 3.05) is 6.54 Å². The number of carbonyl (C=O) groups excluding carboxylic acids is 1. The lowest BCUT2D eigenvalue weighted by Gasteiger charge is -2.11. The summed E-state index contributed by atoms with van der Waals surface area (Å²) in [5, 5.41) is 12.7. The highest BCUT2D eigenvalue weighted by Gasteiger charge is 2.21. The first-order valence-electron chi connectivity index (χ1n) is 7.08. The topological polar surface area (TPSA) is 104 Å².